The van der Waals surface area contributed by atoms with Crippen LogP contribution in [0.15, 0.2) is 84.7 Å². The minimum atomic E-state index is -0.344. The fraction of sp³-hybridized carbons (Fsp3) is 0.0870. The Balaban J connectivity index is 1.41. The number of hydrogen-bond acceptors (Lipinski definition) is 4. The van der Waals surface area contributed by atoms with Gasteiger partial charge in [-0.25, -0.2) is 5.43 Å². The number of nitrogens with one attached hydrogen (secondary N) is 1. The molecule has 0 aliphatic carbocycles. The van der Waals surface area contributed by atoms with E-state index in [4.69, 9.17) is 4.74 Å². The Hall–Kier alpha value is -3.93. The fourth-order valence-electron chi connectivity index (χ4n) is 3.21. The molecule has 0 bridgehead atoms. The van der Waals surface area contributed by atoms with Gasteiger partial charge < -0.3 is 9.30 Å². The average molecular weight is 384 g/mol. The number of ether oxygens (including phenoxy) is 1. The van der Waals surface area contributed by atoms with Crippen molar-refractivity contribution in [3.05, 3.63) is 85.2 Å². The maximum absolute atomic E-state index is 12.1. The number of hydrogen-bond donors (Lipinski definition) is 1. The highest BCUT2D eigenvalue weighted by Crippen LogP contribution is 2.23. The van der Waals surface area contributed by atoms with Gasteiger partial charge in [0.25, 0.3) is 5.91 Å². The van der Waals surface area contributed by atoms with E-state index >= 15 is 0 Å². The molecule has 144 valence electrons. The van der Waals surface area contributed by atoms with Gasteiger partial charge in [0.2, 0.25) is 0 Å². The van der Waals surface area contributed by atoms with Gasteiger partial charge in [0, 0.05) is 40.8 Å². The first kappa shape index (κ1) is 18.4. The first-order chi connectivity index (χ1) is 14.3. The summed E-state index contributed by atoms with van der Waals surface area (Å²) in [6, 6.07) is 17.4. The molecule has 0 saturated heterocycles. The minimum absolute atomic E-state index is 0.148. The van der Waals surface area contributed by atoms with Gasteiger partial charge in [-0.3, -0.25) is 9.78 Å². The summed E-state index contributed by atoms with van der Waals surface area (Å²) in [5, 5.41) is 6.10. The lowest BCUT2D eigenvalue weighted by atomic mass is 10.2. The van der Waals surface area contributed by atoms with Gasteiger partial charge in [-0.2, -0.15) is 5.10 Å². The lowest BCUT2D eigenvalue weighted by Gasteiger charge is -2.07. The molecular formula is C23H20N4O2. The average Bonchev–Trinajstić information content (AvgIpc) is 3.10. The van der Waals surface area contributed by atoms with Crippen LogP contribution in [0.1, 0.15) is 5.56 Å². The second-order valence-electron chi connectivity index (χ2n) is 6.46. The zero-order valence-corrected chi connectivity index (χ0v) is 15.8. The number of carbonyl (C=O) groups excluding carboxylic acids is 1. The molecule has 6 nitrogen and oxygen atoms in total. The van der Waals surface area contributed by atoms with Crippen LogP contribution in [0.4, 0.5) is 0 Å². The molecule has 4 aromatic rings. The highest BCUT2D eigenvalue weighted by molar-refractivity contribution is 5.99. The van der Waals surface area contributed by atoms with E-state index < -0.39 is 0 Å². The molecule has 2 aromatic carbocycles. The number of hydrazone groups is 1. The lowest BCUT2D eigenvalue weighted by molar-refractivity contribution is -0.123. The summed E-state index contributed by atoms with van der Waals surface area (Å²) in [6.07, 6.45) is 7.16. The third-order valence-electron chi connectivity index (χ3n) is 4.49. The maximum atomic E-state index is 12.1. The predicted octanol–water partition coefficient (Wildman–Crippen LogP) is 3.90. The zero-order valence-electron chi connectivity index (χ0n) is 15.8. The van der Waals surface area contributed by atoms with E-state index in [0.29, 0.717) is 12.3 Å². The molecule has 6 heteroatoms. The lowest BCUT2D eigenvalue weighted by Crippen LogP contribution is -2.24. The number of benzene rings is 2. The Bertz CT molecular complexity index is 1200. The van der Waals surface area contributed by atoms with E-state index in [1.54, 1.807) is 18.5 Å². The van der Waals surface area contributed by atoms with E-state index in [9.17, 15) is 4.79 Å². The largest absolute Gasteiger partial charge is 0.481 e. The van der Waals surface area contributed by atoms with E-state index in [0.717, 1.165) is 27.4 Å². The molecule has 2 heterocycles. The van der Waals surface area contributed by atoms with Crippen molar-refractivity contribution in [2.24, 2.45) is 5.10 Å². The van der Waals surface area contributed by atoms with Crippen LogP contribution in [0, 0.1) is 0 Å². The number of fused-ring (bicyclic) bond motifs is 2. The van der Waals surface area contributed by atoms with Crippen LogP contribution in [-0.4, -0.2) is 28.3 Å². The van der Waals surface area contributed by atoms with Crippen LogP contribution >= 0.6 is 0 Å². The normalized spacial score (nSPS) is 11.2. The second-order valence-corrected chi connectivity index (χ2v) is 6.46. The van der Waals surface area contributed by atoms with Crippen molar-refractivity contribution >= 4 is 33.9 Å². The molecule has 1 N–H and O–H groups in total. The maximum Gasteiger partial charge on any atom is 0.277 e. The number of nitrogens with zero attached hydrogens (tertiary/aromatic N) is 3. The Labute approximate surface area is 168 Å². The van der Waals surface area contributed by atoms with Gasteiger partial charge in [-0.1, -0.05) is 42.5 Å². The molecule has 4 rings (SSSR count). The smallest absolute Gasteiger partial charge is 0.277 e. The predicted molar refractivity (Wildman–Crippen MR) is 115 cm³/mol. The van der Waals surface area contributed by atoms with Crippen molar-refractivity contribution in [2.75, 3.05) is 6.61 Å². The standard InChI is InChI=1S/C23H20N4O2/c1-2-13-27-15-18(19-9-3-4-10-20(19)27)14-25-26-22(28)16-29-21-11-5-7-17-8-6-12-24-23(17)21/h2-12,14-15H,1,13,16H2,(H,26,28)/b25-14-. The van der Waals surface area contributed by atoms with Crippen LogP contribution in [0.5, 0.6) is 5.75 Å². The number of allylic oxidation sites excluding steroid dienone is 1. The molecule has 0 aliphatic rings. The van der Waals surface area contributed by atoms with Crippen LogP contribution in [0.25, 0.3) is 21.8 Å². The van der Waals surface area contributed by atoms with Crippen LogP contribution in [0.3, 0.4) is 0 Å². The van der Waals surface area contributed by atoms with E-state index in [2.05, 4.69) is 26.7 Å². The Kier molecular flexibility index (Phi) is 5.33. The number of rotatable bonds is 7. The number of para-hydroxylation sites is 2. The molecule has 0 aliphatic heterocycles. The summed E-state index contributed by atoms with van der Waals surface area (Å²) in [6.45, 7) is 4.35. The van der Waals surface area contributed by atoms with Crippen molar-refractivity contribution in [1.82, 2.24) is 15.0 Å². The molecule has 2 aromatic heterocycles. The van der Waals surface area contributed by atoms with E-state index in [1.807, 2.05) is 60.8 Å². The quantitative estimate of drug-likeness (QED) is 0.298. The second kappa shape index (κ2) is 8.39. The van der Waals surface area contributed by atoms with Crippen molar-refractivity contribution in [2.45, 2.75) is 6.54 Å². The van der Waals surface area contributed by atoms with Crippen molar-refractivity contribution in [3.63, 3.8) is 0 Å². The summed E-state index contributed by atoms with van der Waals surface area (Å²) >= 11 is 0. The number of pyridine rings is 1. The van der Waals surface area contributed by atoms with Crippen molar-refractivity contribution < 1.29 is 9.53 Å². The molecule has 0 radical (unpaired) electrons. The molecule has 0 fully saturated rings. The molecule has 0 atom stereocenters. The molecular weight excluding hydrogens is 364 g/mol. The monoisotopic (exact) mass is 384 g/mol. The fourth-order valence-corrected chi connectivity index (χ4v) is 3.21. The van der Waals surface area contributed by atoms with Crippen molar-refractivity contribution in [3.8, 4) is 5.75 Å². The number of amides is 1. The summed E-state index contributed by atoms with van der Waals surface area (Å²) in [4.78, 5) is 16.4. The first-order valence-corrected chi connectivity index (χ1v) is 9.23. The van der Waals surface area contributed by atoms with E-state index in [-0.39, 0.29) is 12.5 Å². The van der Waals surface area contributed by atoms with Crippen LogP contribution < -0.4 is 10.2 Å². The topological polar surface area (TPSA) is 68.5 Å². The van der Waals surface area contributed by atoms with Gasteiger partial charge in [-0.15, -0.1) is 6.58 Å². The molecule has 1 amide bonds. The summed E-state index contributed by atoms with van der Waals surface area (Å²) in [5.74, 6) is 0.221. The molecule has 0 unspecified atom stereocenters. The highest BCUT2D eigenvalue weighted by atomic mass is 16.5. The zero-order chi connectivity index (χ0) is 20.1. The highest BCUT2D eigenvalue weighted by Gasteiger charge is 2.07. The Morgan fingerprint density at radius 1 is 1.17 bits per heavy atom. The third kappa shape index (κ3) is 4.01. The van der Waals surface area contributed by atoms with Gasteiger partial charge in [-0.05, 0) is 18.2 Å². The van der Waals surface area contributed by atoms with E-state index in [1.165, 1.54) is 0 Å². The summed E-state index contributed by atoms with van der Waals surface area (Å²) < 4.78 is 7.71. The van der Waals surface area contributed by atoms with Gasteiger partial charge >= 0.3 is 0 Å². The summed E-state index contributed by atoms with van der Waals surface area (Å²) in [7, 11) is 0. The Morgan fingerprint density at radius 3 is 2.93 bits per heavy atom. The van der Waals surface area contributed by atoms with Gasteiger partial charge in [0.05, 0.1) is 6.21 Å². The van der Waals surface area contributed by atoms with Gasteiger partial charge in [0.15, 0.2) is 6.61 Å². The Morgan fingerprint density at radius 2 is 2.03 bits per heavy atom. The van der Waals surface area contributed by atoms with Crippen LogP contribution in [0.2, 0.25) is 0 Å². The third-order valence-corrected chi connectivity index (χ3v) is 4.49. The van der Waals surface area contributed by atoms with Crippen LogP contribution in [-0.2, 0) is 11.3 Å². The molecule has 0 spiro atoms. The summed E-state index contributed by atoms with van der Waals surface area (Å²) in [5.41, 5.74) is 5.24. The molecule has 0 saturated carbocycles. The number of aromatic nitrogens is 2. The molecule has 29 heavy (non-hydrogen) atoms. The first-order valence-electron chi connectivity index (χ1n) is 9.23. The number of carbonyl (C=O) groups is 1. The van der Waals surface area contributed by atoms with Crippen molar-refractivity contribution in [1.29, 1.82) is 0 Å². The van der Waals surface area contributed by atoms with Gasteiger partial charge in [0.1, 0.15) is 11.3 Å². The minimum Gasteiger partial charge on any atom is -0.481 e. The SMILES string of the molecule is C=CCn1cc(/C=N\NC(=O)COc2cccc3cccnc23)c2ccccc21.